The first-order valence-electron chi connectivity index (χ1n) is 7.58. The average molecular weight is 329 g/mol. The molecule has 0 atom stereocenters. The van der Waals surface area contributed by atoms with Gasteiger partial charge in [-0.05, 0) is 37.5 Å². The number of rotatable bonds is 4. The van der Waals surface area contributed by atoms with E-state index >= 15 is 0 Å². The van der Waals surface area contributed by atoms with Gasteiger partial charge in [0.1, 0.15) is 0 Å². The third-order valence-corrected chi connectivity index (χ3v) is 4.33. The molecule has 0 radical (unpaired) electrons. The highest BCUT2D eigenvalue weighted by Gasteiger charge is 2.50. The van der Waals surface area contributed by atoms with Gasteiger partial charge in [0.15, 0.2) is 0 Å². The van der Waals surface area contributed by atoms with Gasteiger partial charge >= 0.3 is 6.18 Å². The summed E-state index contributed by atoms with van der Waals surface area (Å²) in [6.07, 6.45) is -4.50. The molecule has 2 rings (SSSR count). The molecule has 1 aliphatic heterocycles. The number of anilines is 1. The van der Waals surface area contributed by atoms with Gasteiger partial charge in [-0.2, -0.15) is 13.2 Å². The molecule has 0 saturated carbocycles. The van der Waals surface area contributed by atoms with Crippen LogP contribution in [0.3, 0.4) is 0 Å². The summed E-state index contributed by atoms with van der Waals surface area (Å²) in [7, 11) is 1.50. The summed E-state index contributed by atoms with van der Waals surface area (Å²) in [5.74, 6) is -0.388. The molecule has 0 bridgehead atoms. The minimum atomic E-state index is -4.50. The van der Waals surface area contributed by atoms with E-state index in [0.717, 1.165) is 0 Å². The summed E-state index contributed by atoms with van der Waals surface area (Å²) >= 11 is 0. The summed E-state index contributed by atoms with van der Waals surface area (Å²) in [6.45, 7) is 7.28. The molecule has 1 heterocycles. The van der Waals surface area contributed by atoms with Crippen LogP contribution in [0.4, 0.5) is 18.9 Å². The zero-order valence-corrected chi connectivity index (χ0v) is 14.0. The predicted molar refractivity (Wildman–Crippen MR) is 82.8 cm³/mol. The fourth-order valence-electron chi connectivity index (χ4n) is 3.03. The summed E-state index contributed by atoms with van der Waals surface area (Å²) in [4.78, 5) is 14.1. The largest absolute Gasteiger partial charge is 0.416 e. The van der Waals surface area contributed by atoms with Crippen LogP contribution in [0.5, 0.6) is 0 Å². The van der Waals surface area contributed by atoms with Gasteiger partial charge in [-0.1, -0.05) is 13.8 Å². The van der Waals surface area contributed by atoms with Crippen molar-refractivity contribution in [2.75, 3.05) is 25.2 Å². The second-order valence-corrected chi connectivity index (χ2v) is 6.69. The molecule has 0 fully saturated rings. The summed E-state index contributed by atoms with van der Waals surface area (Å²) in [5.41, 5.74) is -0.921. The quantitative estimate of drug-likeness (QED) is 0.832. The molecule has 0 saturated heterocycles. The van der Waals surface area contributed by atoms with Crippen molar-refractivity contribution in [1.82, 2.24) is 0 Å². The number of hydrogen-bond acceptors (Lipinski definition) is 2. The smallest absolute Gasteiger partial charge is 0.383 e. The van der Waals surface area contributed by atoms with E-state index in [0.29, 0.717) is 11.3 Å². The van der Waals surface area contributed by atoms with Crippen molar-refractivity contribution >= 4 is 11.6 Å². The van der Waals surface area contributed by atoms with E-state index in [1.807, 2.05) is 13.8 Å². The molecule has 1 aromatic carbocycles. The van der Waals surface area contributed by atoms with Gasteiger partial charge in [-0.3, -0.25) is 4.79 Å². The lowest BCUT2D eigenvalue weighted by Gasteiger charge is -2.22. The van der Waals surface area contributed by atoms with Gasteiger partial charge in [0.2, 0.25) is 5.91 Å². The highest BCUT2D eigenvalue weighted by atomic mass is 19.4. The maximum atomic E-state index is 13.6. The molecule has 0 N–H and O–H groups in total. The molecule has 0 spiro atoms. The molecule has 0 unspecified atom stereocenters. The summed E-state index contributed by atoms with van der Waals surface area (Å²) in [5, 5.41) is 0. The number of nitrogens with zero attached hydrogens (tertiary/aromatic N) is 1. The van der Waals surface area contributed by atoms with Crippen LogP contribution in [0.15, 0.2) is 12.1 Å². The van der Waals surface area contributed by atoms with Crippen LogP contribution in [-0.4, -0.2) is 26.2 Å². The molecule has 1 aliphatic rings. The molecule has 0 aromatic heterocycles. The zero-order valence-electron chi connectivity index (χ0n) is 14.0. The van der Waals surface area contributed by atoms with Crippen molar-refractivity contribution in [3.8, 4) is 0 Å². The van der Waals surface area contributed by atoms with Crippen LogP contribution in [0, 0.1) is 0 Å². The number of carbonyl (C=O) groups excluding carboxylic acids is 1. The van der Waals surface area contributed by atoms with Gasteiger partial charge < -0.3 is 9.64 Å². The molecule has 23 heavy (non-hydrogen) atoms. The van der Waals surface area contributed by atoms with Crippen LogP contribution < -0.4 is 4.90 Å². The van der Waals surface area contributed by atoms with E-state index in [2.05, 4.69) is 0 Å². The Balaban J connectivity index is 2.73. The highest BCUT2D eigenvalue weighted by Crippen LogP contribution is 2.49. The van der Waals surface area contributed by atoms with E-state index in [4.69, 9.17) is 4.74 Å². The van der Waals surface area contributed by atoms with Crippen LogP contribution in [0.25, 0.3) is 0 Å². The van der Waals surface area contributed by atoms with Crippen molar-refractivity contribution in [3.63, 3.8) is 0 Å². The van der Waals surface area contributed by atoms with Gasteiger partial charge in [-0.25, -0.2) is 0 Å². The molecule has 3 nitrogen and oxygen atoms in total. The van der Waals surface area contributed by atoms with Crippen LogP contribution in [-0.2, 0) is 21.1 Å². The standard InChI is InChI=1S/C17H22F3NO2/c1-10(2)11-8-12(17(18,19)20)14-13(9-11)21(6-7-23-5)15(22)16(14,3)4/h8-10H,6-7H2,1-5H3. The van der Waals surface area contributed by atoms with E-state index in [1.165, 1.54) is 18.1 Å². The van der Waals surface area contributed by atoms with Gasteiger partial charge in [0, 0.05) is 24.9 Å². The van der Waals surface area contributed by atoms with Crippen LogP contribution >= 0.6 is 0 Å². The minimum Gasteiger partial charge on any atom is -0.383 e. The van der Waals surface area contributed by atoms with Crippen LogP contribution in [0.1, 0.15) is 50.3 Å². The first kappa shape index (κ1) is 17.8. The topological polar surface area (TPSA) is 29.5 Å². The SMILES string of the molecule is COCCN1C(=O)C(C)(C)c2c1cc(C(C)C)cc2C(F)(F)F. The van der Waals surface area contributed by atoms with Crippen molar-refractivity contribution in [1.29, 1.82) is 0 Å². The monoisotopic (exact) mass is 329 g/mol. The second-order valence-electron chi connectivity index (χ2n) is 6.69. The van der Waals surface area contributed by atoms with Gasteiger partial charge in [0.25, 0.3) is 0 Å². The number of fused-ring (bicyclic) bond motifs is 1. The number of methoxy groups -OCH3 is 1. The van der Waals surface area contributed by atoms with Crippen molar-refractivity contribution < 1.29 is 22.7 Å². The first-order chi connectivity index (χ1) is 10.5. The van der Waals surface area contributed by atoms with Crippen molar-refractivity contribution in [3.05, 3.63) is 28.8 Å². The van der Waals surface area contributed by atoms with Gasteiger partial charge in [0.05, 0.1) is 17.6 Å². The fraction of sp³-hybridized carbons (Fsp3) is 0.588. The molecule has 128 valence electrons. The Bertz CT molecular complexity index is 621. The summed E-state index contributed by atoms with van der Waals surface area (Å²) in [6, 6.07) is 2.88. The third kappa shape index (κ3) is 2.96. The molecule has 0 aliphatic carbocycles. The predicted octanol–water partition coefficient (Wildman–Crippen LogP) is 4.10. The Labute approximate surface area is 134 Å². The van der Waals surface area contributed by atoms with Crippen molar-refractivity contribution in [2.45, 2.75) is 45.2 Å². The molecule has 6 heteroatoms. The van der Waals surface area contributed by atoms with Crippen molar-refractivity contribution in [2.24, 2.45) is 0 Å². The molecule has 1 aromatic rings. The first-order valence-corrected chi connectivity index (χ1v) is 7.58. The summed E-state index contributed by atoms with van der Waals surface area (Å²) < 4.78 is 45.7. The Kier molecular flexibility index (Phi) is 4.50. The normalized spacial score (nSPS) is 17.1. The number of alkyl halides is 3. The highest BCUT2D eigenvalue weighted by molar-refractivity contribution is 6.08. The Morgan fingerprint density at radius 3 is 2.35 bits per heavy atom. The molecular formula is C17H22F3NO2. The molecular weight excluding hydrogens is 307 g/mol. The maximum absolute atomic E-state index is 13.6. The Hall–Kier alpha value is -1.56. The lowest BCUT2D eigenvalue weighted by atomic mass is 9.81. The molecule has 1 amide bonds. The van der Waals surface area contributed by atoms with E-state index in [-0.39, 0.29) is 30.5 Å². The number of halogens is 3. The van der Waals surface area contributed by atoms with E-state index in [9.17, 15) is 18.0 Å². The number of amides is 1. The lowest BCUT2D eigenvalue weighted by molar-refractivity contribution is -0.138. The number of benzene rings is 1. The van der Waals surface area contributed by atoms with Crippen LogP contribution in [0.2, 0.25) is 0 Å². The maximum Gasteiger partial charge on any atom is 0.416 e. The Morgan fingerprint density at radius 1 is 1.26 bits per heavy atom. The zero-order chi connectivity index (χ0) is 17.6. The second kappa shape index (κ2) is 5.82. The van der Waals surface area contributed by atoms with E-state index in [1.54, 1.807) is 19.9 Å². The number of hydrogen-bond donors (Lipinski definition) is 0. The fourth-order valence-corrected chi connectivity index (χ4v) is 3.03. The van der Waals surface area contributed by atoms with Gasteiger partial charge in [-0.15, -0.1) is 0 Å². The number of ether oxygens (including phenoxy) is 1. The van der Waals surface area contributed by atoms with E-state index < -0.39 is 17.2 Å². The average Bonchev–Trinajstić information content (AvgIpc) is 2.63. The lowest BCUT2D eigenvalue weighted by Crippen LogP contribution is -2.38. The third-order valence-electron chi connectivity index (χ3n) is 4.33. The Morgan fingerprint density at radius 2 is 1.87 bits per heavy atom. The number of carbonyl (C=O) groups is 1. The minimum absolute atomic E-state index is 0.0653.